The zero-order valence-electron chi connectivity index (χ0n) is 15.0. The highest BCUT2D eigenvalue weighted by molar-refractivity contribution is 5.67. The van der Waals surface area contributed by atoms with Gasteiger partial charge in [0.15, 0.2) is 0 Å². The molecule has 5 nitrogen and oxygen atoms in total. The Balaban J connectivity index is 1.85. The number of nitrogens with zero attached hydrogens (tertiary/aromatic N) is 2. The first-order valence-corrected chi connectivity index (χ1v) is 8.84. The van der Waals surface area contributed by atoms with E-state index in [4.69, 9.17) is 4.74 Å². The molecule has 1 aromatic rings. The Labute approximate surface area is 139 Å². The van der Waals surface area contributed by atoms with Crippen LogP contribution in [0, 0.1) is 5.92 Å². The number of carbonyl (C=O) groups is 1. The number of amides is 1. The van der Waals surface area contributed by atoms with Crippen molar-refractivity contribution in [3.05, 3.63) is 18.2 Å². The van der Waals surface area contributed by atoms with Crippen LogP contribution in [0.4, 0.5) is 4.79 Å². The van der Waals surface area contributed by atoms with Crippen molar-refractivity contribution >= 4 is 6.09 Å². The number of carbonyl (C=O) groups excluding carboxylic acids is 1. The molecule has 0 aliphatic heterocycles. The monoisotopic (exact) mass is 321 g/mol. The topological polar surface area (TPSA) is 56.2 Å². The first-order valence-electron chi connectivity index (χ1n) is 8.84. The fourth-order valence-corrected chi connectivity index (χ4v) is 3.34. The zero-order chi connectivity index (χ0) is 16.9. The first kappa shape index (κ1) is 17.8. The van der Waals surface area contributed by atoms with Crippen LogP contribution in [0.2, 0.25) is 0 Å². The second-order valence-electron chi connectivity index (χ2n) is 7.61. The molecule has 0 saturated heterocycles. The van der Waals surface area contributed by atoms with Crippen LogP contribution >= 0.6 is 0 Å². The lowest BCUT2D eigenvalue weighted by molar-refractivity contribution is 0.0528. The van der Waals surface area contributed by atoms with Crippen molar-refractivity contribution in [2.24, 2.45) is 5.92 Å². The van der Waals surface area contributed by atoms with Crippen molar-refractivity contribution < 1.29 is 9.53 Å². The maximum Gasteiger partial charge on any atom is 0.407 e. The number of nitrogens with one attached hydrogen (secondary N) is 1. The van der Waals surface area contributed by atoms with E-state index >= 15 is 0 Å². The van der Waals surface area contributed by atoms with Gasteiger partial charge >= 0.3 is 6.09 Å². The highest BCUT2D eigenvalue weighted by Crippen LogP contribution is 2.33. The van der Waals surface area contributed by atoms with Crippen molar-refractivity contribution in [3.63, 3.8) is 0 Å². The Morgan fingerprint density at radius 3 is 2.74 bits per heavy atom. The van der Waals surface area contributed by atoms with Gasteiger partial charge in [-0.05, 0) is 46.5 Å². The van der Waals surface area contributed by atoms with Gasteiger partial charge in [-0.2, -0.15) is 0 Å². The standard InChI is InChI=1S/C18H31N3O2/c1-14(15-8-6-5-7-9-15)21-13-19-12-16(21)10-11-20-17(22)23-18(2,3)4/h12-15H,5-11H2,1-4H3,(H,20,22). The van der Waals surface area contributed by atoms with E-state index in [2.05, 4.69) is 21.8 Å². The molecule has 1 heterocycles. The minimum Gasteiger partial charge on any atom is -0.444 e. The summed E-state index contributed by atoms with van der Waals surface area (Å²) in [6.45, 7) is 8.47. The molecule has 2 rings (SSSR count). The van der Waals surface area contributed by atoms with E-state index in [0.29, 0.717) is 12.6 Å². The first-order chi connectivity index (χ1) is 10.9. The predicted octanol–water partition coefficient (Wildman–Crippen LogP) is 4.09. The predicted molar refractivity (Wildman–Crippen MR) is 91.5 cm³/mol. The molecule has 23 heavy (non-hydrogen) atoms. The fourth-order valence-electron chi connectivity index (χ4n) is 3.34. The number of imidazole rings is 1. The normalized spacial score (nSPS) is 17.7. The van der Waals surface area contributed by atoms with E-state index < -0.39 is 5.60 Å². The summed E-state index contributed by atoms with van der Waals surface area (Å²) in [6, 6.07) is 0.481. The van der Waals surface area contributed by atoms with Crippen LogP contribution in [-0.4, -0.2) is 27.8 Å². The lowest BCUT2D eigenvalue weighted by Crippen LogP contribution is -2.33. The Morgan fingerprint density at radius 1 is 1.39 bits per heavy atom. The van der Waals surface area contributed by atoms with Gasteiger partial charge in [0.05, 0.1) is 6.33 Å². The summed E-state index contributed by atoms with van der Waals surface area (Å²) in [7, 11) is 0. The molecular formula is C18H31N3O2. The summed E-state index contributed by atoms with van der Waals surface area (Å²) in [5, 5.41) is 2.82. The second-order valence-corrected chi connectivity index (χ2v) is 7.61. The van der Waals surface area contributed by atoms with Crippen molar-refractivity contribution in [1.82, 2.24) is 14.9 Å². The van der Waals surface area contributed by atoms with E-state index in [-0.39, 0.29) is 6.09 Å². The van der Waals surface area contributed by atoms with Gasteiger partial charge < -0.3 is 14.6 Å². The molecule has 0 spiro atoms. The van der Waals surface area contributed by atoms with E-state index in [9.17, 15) is 4.79 Å². The lowest BCUT2D eigenvalue weighted by Gasteiger charge is -2.29. The van der Waals surface area contributed by atoms with E-state index in [1.807, 2.05) is 33.3 Å². The number of hydrogen-bond acceptors (Lipinski definition) is 3. The summed E-state index contributed by atoms with van der Waals surface area (Å²) in [4.78, 5) is 16.0. The number of hydrogen-bond donors (Lipinski definition) is 1. The van der Waals surface area contributed by atoms with Crippen LogP contribution in [0.25, 0.3) is 0 Å². The molecule has 0 radical (unpaired) electrons. The third-order valence-electron chi connectivity index (χ3n) is 4.57. The SMILES string of the molecule is CC(C1CCCCC1)n1cncc1CCNC(=O)OC(C)(C)C. The molecule has 130 valence electrons. The van der Waals surface area contributed by atoms with Crippen molar-refractivity contribution in [1.29, 1.82) is 0 Å². The van der Waals surface area contributed by atoms with Gasteiger partial charge in [-0.15, -0.1) is 0 Å². The van der Waals surface area contributed by atoms with Crippen molar-refractivity contribution in [2.75, 3.05) is 6.54 Å². The van der Waals surface area contributed by atoms with E-state index in [1.54, 1.807) is 0 Å². The minimum atomic E-state index is -0.457. The largest absolute Gasteiger partial charge is 0.444 e. The van der Waals surface area contributed by atoms with Gasteiger partial charge in [-0.1, -0.05) is 19.3 Å². The highest BCUT2D eigenvalue weighted by atomic mass is 16.6. The smallest absolute Gasteiger partial charge is 0.407 e. The van der Waals surface area contributed by atoms with Crippen LogP contribution in [0.15, 0.2) is 12.5 Å². The summed E-state index contributed by atoms with van der Waals surface area (Å²) >= 11 is 0. The van der Waals surface area contributed by atoms with Gasteiger partial charge in [-0.25, -0.2) is 9.78 Å². The maximum absolute atomic E-state index is 11.7. The molecule has 1 aromatic heterocycles. The van der Waals surface area contributed by atoms with Gasteiger partial charge in [0.25, 0.3) is 0 Å². The van der Waals surface area contributed by atoms with Gasteiger partial charge in [0.2, 0.25) is 0 Å². The van der Waals surface area contributed by atoms with Crippen LogP contribution in [-0.2, 0) is 11.2 Å². The number of aromatic nitrogens is 2. The molecule has 0 aromatic carbocycles. The summed E-state index contributed by atoms with van der Waals surface area (Å²) in [5.41, 5.74) is 0.723. The van der Waals surface area contributed by atoms with Crippen LogP contribution in [0.5, 0.6) is 0 Å². The number of rotatable bonds is 5. The molecule has 1 saturated carbocycles. The Morgan fingerprint density at radius 2 is 2.09 bits per heavy atom. The average Bonchev–Trinajstić information content (AvgIpc) is 2.94. The van der Waals surface area contributed by atoms with Crippen molar-refractivity contribution in [2.45, 2.75) is 77.9 Å². The molecule has 0 bridgehead atoms. The Kier molecular flexibility index (Phi) is 6.08. The molecule has 1 amide bonds. The molecule has 5 heteroatoms. The van der Waals surface area contributed by atoms with Gasteiger partial charge in [0, 0.05) is 30.9 Å². The second kappa shape index (κ2) is 7.84. The molecular weight excluding hydrogens is 290 g/mol. The van der Waals surface area contributed by atoms with Gasteiger partial charge in [-0.3, -0.25) is 0 Å². The number of alkyl carbamates (subject to hydrolysis) is 1. The third-order valence-corrected chi connectivity index (χ3v) is 4.57. The molecule has 1 aliphatic carbocycles. The minimum absolute atomic E-state index is 0.358. The van der Waals surface area contributed by atoms with E-state index in [0.717, 1.165) is 12.3 Å². The zero-order valence-corrected chi connectivity index (χ0v) is 15.0. The van der Waals surface area contributed by atoms with Crippen LogP contribution in [0.3, 0.4) is 0 Å². The summed E-state index contributed by atoms with van der Waals surface area (Å²) in [5.74, 6) is 0.746. The third kappa shape index (κ3) is 5.56. The van der Waals surface area contributed by atoms with E-state index in [1.165, 1.54) is 37.8 Å². The van der Waals surface area contributed by atoms with Crippen LogP contribution < -0.4 is 5.32 Å². The van der Waals surface area contributed by atoms with Crippen LogP contribution in [0.1, 0.15) is 71.5 Å². The average molecular weight is 321 g/mol. The quantitative estimate of drug-likeness (QED) is 0.888. The highest BCUT2D eigenvalue weighted by Gasteiger charge is 2.22. The molecule has 1 aliphatic rings. The lowest BCUT2D eigenvalue weighted by atomic mass is 9.84. The molecule has 1 fully saturated rings. The maximum atomic E-state index is 11.7. The molecule has 1 N–H and O–H groups in total. The number of ether oxygens (including phenoxy) is 1. The van der Waals surface area contributed by atoms with Gasteiger partial charge in [0.1, 0.15) is 5.60 Å². The summed E-state index contributed by atoms with van der Waals surface area (Å²) in [6.07, 6.45) is 11.0. The van der Waals surface area contributed by atoms with Crippen molar-refractivity contribution in [3.8, 4) is 0 Å². The summed E-state index contributed by atoms with van der Waals surface area (Å²) < 4.78 is 7.54. The molecule has 1 unspecified atom stereocenters. The molecule has 1 atom stereocenters. The fraction of sp³-hybridized carbons (Fsp3) is 0.778. The Hall–Kier alpha value is -1.52. The Bertz CT molecular complexity index is 499.